The molecule has 0 fully saturated rings. The topological polar surface area (TPSA) is 85.4 Å². The maximum absolute atomic E-state index is 12.7. The van der Waals surface area contributed by atoms with E-state index in [1.807, 2.05) is 35.2 Å². The normalized spacial score (nSPS) is 11.4. The monoisotopic (exact) mass is 503 g/mol. The maximum atomic E-state index is 12.7. The lowest BCUT2D eigenvalue weighted by molar-refractivity contribution is -0.132. The fourth-order valence-corrected chi connectivity index (χ4v) is 5.09. The highest BCUT2D eigenvalue weighted by Gasteiger charge is 2.16. The minimum atomic E-state index is -0.150. The van der Waals surface area contributed by atoms with Gasteiger partial charge >= 0.3 is 4.87 Å². The van der Waals surface area contributed by atoms with Crippen LogP contribution in [0.2, 0.25) is 5.02 Å². The van der Waals surface area contributed by atoms with Gasteiger partial charge in [-0.15, -0.1) is 0 Å². The molecule has 34 heavy (non-hydrogen) atoms. The molecule has 0 saturated heterocycles. The molecular formula is C26H34ClN3O3S. The molecule has 6 nitrogen and oxygen atoms in total. The highest BCUT2D eigenvalue weighted by atomic mass is 35.5. The Bertz CT molecular complexity index is 1120. The zero-order valence-electron chi connectivity index (χ0n) is 19.9. The van der Waals surface area contributed by atoms with Crippen LogP contribution in [0.4, 0.5) is 0 Å². The number of nitrogens with zero attached hydrogens (tertiary/aromatic N) is 1. The summed E-state index contributed by atoms with van der Waals surface area (Å²) in [6.07, 6.45) is 5.16. The Morgan fingerprint density at radius 3 is 2.59 bits per heavy atom. The molecule has 2 aromatic carbocycles. The molecule has 0 aliphatic rings. The van der Waals surface area contributed by atoms with Crippen molar-refractivity contribution in [3.8, 4) is 5.75 Å². The molecule has 3 N–H and O–H groups in total. The van der Waals surface area contributed by atoms with Crippen molar-refractivity contribution in [2.24, 2.45) is 0 Å². The number of halogens is 1. The summed E-state index contributed by atoms with van der Waals surface area (Å²) in [7, 11) is 0. The second kappa shape index (κ2) is 12.9. The summed E-state index contributed by atoms with van der Waals surface area (Å²) in [6.45, 7) is 6.38. The lowest BCUT2D eigenvalue weighted by Crippen LogP contribution is -2.39. The number of aryl methyl sites for hydroxylation is 1. The third-order valence-corrected chi connectivity index (χ3v) is 7.16. The predicted molar refractivity (Wildman–Crippen MR) is 141 cm³/mol. The number of rotatable bonds is 13. The fraction of sp³-hybridized carbons (Fsp3) is 0.462. The van der Waals surface area contributed by atoms with Gasteiger partial charge in [0.1, 0.15) is 11.3 Å². The number of aromatic amines is 1. The fourth-order valence-electron chi connectivity index (χ4n) is 4.06. The van der Waals surface area contributed by atoms with E-state index in [2.05, 4.69) is 24.1 Å². The van der Waals surface area contributed by atoms with E-state index in [1.165, 1.54) is 5.56 Å². The van der Waals surface area contributed by atoms with Crippen molar-refractivity contribution >= 4 is 39.1 Å². The van der Waals surface area contributed by atoms with Gasteiger partial charge in [-0.05, 0) is 75.4 Å². The van der Waals surface area contributed by atoms with E-state index in [4.69, 9.17) is 11.6 Å². The summed E-state index contributed by atoms with van der Waals surface area (Å²) >= 11 is 7.06. The minimum absolute atomic E-state index is 0.114. The molecule has 0 saturated carbocycles. The molecule has 0 radical (unpaired) electrons. The van der Waals surface area contributed by atoms with Crippen LogP contribution in [0.3, 0.4) is 0 Å². The number of aromatic nitrogens is 1. The SMILES string of the molecule is CC(C)N(CCCCCc1ccc(O)c2[nH]c(=O)sc12)C(=O)CCNCCc1ccc(Cl)cc1. The van der Waals surface area contributed by atoms with Crippen LogP contribution in [0.5, 0.6) is 5.75 Å². The summed E-state index contributed by atoms with van der Waals surface area (Å²) < 4.78 is 0.840. The highest BCUT2D eigenvalue weighted by molar-refractivity contribution is 7.16. The van der Waals surface area contributed by atoms with E-state index in [0.717, 1.165) is 71.8 Å². The Morgan fingerprint density at radius 1 is 1.09 bits per heavy atom. The van der Waals surface area contributed by atoms with Crippen molar-refractivity contribution in [2.75, 3.05) is 19.6 Å². The molecule has 8 heteroatoms. The molecule has 3 rings (SSSR count). The van der Waals surface area contributed by atoms with E-state index in [0.29, 0.717) is 18.5 Å². The molecule has 0 bridgehead atoms. The molecule has 0 aliphatic carbocycles. The van der Waals surface area contributed by atoms with Gasteiger partial charge in [-0.2, -0.15) is 0 Å². The van der Waals surface area contributed by atoms with Crippen LogP contribution in [0.1, 0.15) is 50.7 Å². The zero-order valence-corrected chi connectivity index (χ0v) is 21.5. The number of H-pyrrole nitrogens is 1. The van der Waals surface area contributed by atoms with Crippen molar-refractivity contribution in [3.05, 3.63) is 62.2 Å². The van der Waals surface area contributed by atoms with Crippen LogP contribution in [-0.2, 0) is 17.6 Å². The van der Waals surface area contributed by atoms with Crippen LogP contribution >= 0.6 is 22.9 Å². The van der Waals surface area contributed by atoms with Gasteiger partial charge in [-0.25, -0.2) is 0 Å². The number of thiazole rings is 1. The smallest absolute Gasteiger partial charge is 0.305 e. The van der Waals surface area contributed by atoms with E-state index >= 15 is 0 Å². The van der Waals surface area contributed by atoms with Gasteiger partial charge in [0, 0.05) is 30.6 Å². The summed E-state index contributed by atoms with van der Waals surface area (Å²) in [5, 5.41) is 14.0. The zero-order chi connectivity index (χ0) is 24.5. The number of carbonyl (C=O) groups excluding carboxylic acids is 1. The first-order valence-corrected chi connectivity index (χ1v) is 13.1. The first-order valence-electron chi connectivity index (χ1n) is 11.9. The second-order valence-electron chi connectivity index (χ2n) is 8.83. The molecule has 0 unspecified atom stereocenters. The van der Waals surface area contributed by atoms with E-state index < -0.39 is 0 Å². The number of aromatic hydroxyl groups is 1. The van der Waals surface area contributed by atoms with Gasteiger partial charge in [0.15, 0.2) is 0 Å². The summed E-state index contributed by atoms with van der Waals surface area (Å²) in [5.74, 6) is 0.300. The van der Waals surface area contributed by atoms with Gasteiger partial charge in [-0.3, -0.25) is 9.59 Å². The van der Waals surface area contributed by atoms with E-state index in [-0.39, 0.29) is 22.6 Å². The summed E-state index contributed by atoms with van der Waals surface area (Å²) in [4.78, 5) is 28.9. The molecule has 1 aromatic heterocycles. The lowest BCUT2D eigenvalue weighted by atomic mass is 10.1. The Labute approximate surface area is 210 Å². The molecule has 0 aliphatic heterocycles. The number of hydrogen-bond donors (Lipinski definition) is 3. The van der Waals surface area contributed by atoms with Crippen molar-refractivity contribution in [2.45, 2.75) is 58.4 Å². The number of fused-ring (bicyclic) bond motifs is 1. The molecule has 1 amide bonds. The molecule has 3 aromatic rings. The van der Waals surface area contributed by atoms with Gasteiger partial charge in [0.05, 0.1) is 4.70 Å². The first-order chi connectivity index (χ1) is 16.3. The Morgan fingerprint density at radius 2 is 1.85 bits per heavy atom. The number of hydrogen-bond acceptors (Lipinski definition) is 5. The van der Waals surface area contributed by atoms with Gasteiger partial charge in [0.2, 0.25) is 5.91 Å². The average Bonchev–Trinajstić information content (AvgIpc) is 3.20. The second-order valence-corrected chi connectivity index (χ2v) is 10.3. The van der Waals surface area contributed by atoms with Crippen molar-refractivity contribution < 1.29 is 9.90 Å². The summed E-state index contributed by atoms with van der Waals surface area (Å²) in [5.41, 5.74) is 2.84. The Hall–Kier alpha value is -2.35. The van der Waals surface area contributed by atoms with Gasteiger partial charge in [-0.1, -0.05) is 47.6 Å². The number of unbranched alkanes of at least 4 members (excludes halogenated alkanes) is 2. The largest absolute Gasteiger partial charge is 0.506 e. The summed E-state index contributed by atoms with van der Waals surface area (Å²) in [6, 6.07) is 11.6. The molecule has 1 heterocycles. The molecule has 184 valence electrons. The molecular weight excluding hydrogens is 470 g/mol. The van der Waals surface area contributed by atoms with Gasteiger partial charge < -0.3 is 20.3 Å². The number of benzene rings is 2. The van der Waals surface area contributed by atoms with Crippen molar-refractivity contribution in [3.63, 3.8) is 0 Å². The number of phenolic OH excluding ortho intramolecular Hbond substituents is 1. The number of nitrogens with one attached hydrogen (secondary N) is 2. The number of phenols is 1. The standard InChI is InChI=1S/C26H34ClN3O3S/c1-18(2)30(23(32)14-16-28-15-13-19-7-10-21(27)11-8-19)17-5-3-4-6-20-9-12-22(31)24-25(20)34-26(33)29-24/h7-12,18,28,31H,3-6,13-17H2,1-2H3,(H,29,33). The van der Waals surface area contributed by atoms with Crippen LogP contribution in [-0.4, -0.2) is 46.6 Å². The van der Waals surface area contributed by atoms with Crippen molar-refractivity contribution in [1.82, 2.24) is 15.2 Å². The van der Waals surface area contributed by atoms with Crippen LogP contribution in [0.15, 0.2) is 41.2 Å². The lowest BCUT2D eigenvalue weighted by Gasteiger charge is -2.27. The Balaban J connectivity index is 1.36. The van der Waals surface area contributed by atoms with E-state index in [9.17, 15) is 14.7 Å². The first kappa shape index (κ1) is 26.3. The third kappa shape index (κ3) is 7.58. The highest BCUT2D eigenvalue weighted by Crippen LogP contribution is 2.28. The maximum Gasteiger partial charge on any atom is 0.305 e. The number of carbonyl (C=O) groups is 1. The predicted octanol–water partition coefficient (Wildman–Crippen LogP) is 5.12. The third-order valence-electron chi connectivity index (χ3n) is 5.95. The van der Waals surface area contributed by atoms with E-state index in [1.54, 1.807) is 6.07 Å². The van der Waals surface area contributed by atoms with Crippen LogP contribution < -0.4 is 10.2 Å². The van der Waals surface area contributed by atoms with Gasteiger partial charge in [0.25, 0.3) is 0 Å². The molecule has 0 spiro atoms. The van der Waals surface area contributed by atoms with Crippen molar-refractivity contribution in [1.29, 1.82) is 0 Å². The average molecular weight is 504 g/mol. The van der Waals surface area contributed by atoms with Crippen LogP contribution in [0, 0.1) is 0 Å². The minimum Gasteiger partial charge on any atom is -0.506 e. The Kier molecular flexibility index (Phi) is 9.99. The number of amides is 1. The van der Waals surface area contributed by atoms with Crippen LogP contribution in [0.25, 0.3) is 10.2 Å². The quantitative estimate of drug-likeness (QED) is 0.282. The molecule has 0 atom stereocenters.